The van der Waals surface area contributed by atoms with E-state index < -0.39 is 77.2 Å². The van der Waals surface area contributed by atoms with E-state index in [1.165, 1.54) is 0 Å². The predicted molar refractivity (Wildman–Crippen MR) is 232 cm³/mol. The third kappa shape index (κ3) is 9.92. The fourth-order valence-corrected chi connectivity index (χ4v) is 11.2. The largest absolute Gasteiger partial charge is 0.460 e. The first-order valence-electron chi connectivity index (χ1n) is 24.1. The van der Waals surface area contributed by atoms with E-state index in [-0.39, 0.29) is 38.3 Å². The topological polar surface area (TPSA) is 166 Å². The molecule has 14 nitrogen and oxygen atoms in total. The molecule has 5 aliphatic heterocycles. The predicted octanol–water partition coefficient (Wildman–Crippen LogP) is 6.30. The zero-order valence-electron chi connectivity index (χ0n) is 38.1. The Morgan fingerprint density at radius 2 is 1.76 bits per heavy atom. The molecule has 8 rings (SSSR count). The molecule has 7 fully saturated rings. The summed E-state index contributed by atoms with van der Waals surface area (Å²) in [6.07, 6.45) is 14.3. The van der Waals surface area contributed by atoms with Crippen molar-refractivity contribution >= 4 is 29.8 Å². The van der Waals surface area contributed by atoms with Gasteiger partial charge in [-0.15, -0.1) is 0 Å². The minimum Gasteiger partial charge on any atom is -0.460 e. The number of hydroxylamine groups is 2. The number of epoxide rings is 1. The summed E-state index contributed by atoms with van der Waals surface area (Å²) in [7, 11) is 0. The molecule has 5 saturated heterocycles. The number of allylic oxidation sites excluding steroid dienone is 1. The number of aliphatic hydroxyl groups is 1. The van der Waals surface area contributed by atoms with Crippen LogP contribution in [0.2, 0.25) is 0 Å². The Balaban J connectivity index is 1.07. The van der Waals surface area contributed by atoms with Gasteiger partial charge in [-0.1, -0.05) is 75.9 Å². The Hall–Kier alpha value is -3.40. The number of ether oxygens (including phenoxy) is 5. The fraction of sp³-hybridized carbons (Fsp3) is 0.755. The van der Waals surface area contributed by atoms with Gasteiger partial charge in [0.2, 0.25) is 11.8 Å². The smallest absolute Gasteiger partial charge is 0.327 e. The van der Waals surface area contributed by atoms with Crippen LogP contribution in [0.25, 0.3) is 6.08 Å². The summed E-state index contributed by atoms with van der Waals surface area (Å²) in [5.74, 6) is -2.15. The Morgan fingerprint density at radius 3 is 2.48 bits per heavy atom. The Morgan fingerprint density at radius 1 is 1.00 bits per heavy atom. The van der Waals surface area contributed by atoms with E-state index in [0.717, 1.165) is 68.9 Å². The zero-order chi connectivity index (χ0) is 44.5. The fourth-order valence-electron chi connectivity index (χ4n) is 11.2. The molecule has 2 N–H and O–H groups in total. The van der Waals surface area contributed by atoms with Crippen LogP contribution in [-0.4, -0.2) is 118 Å². The second kappa shape index (κ2) is 19.2. The van der Waals surface area contributed by atoms with Crippen LogP contribution in [0.15, 0.2) is 30.3 Å². The summed E-state index contributed by atoms with van der Waals surface area (Å²) in [6, 6.07) is 5.50. The molecular weight excluding hydrogens is 807 g/mol. The van der Waals surface area contributed by atoms with Gasteiger partial charge < -0.3 is 39.0 Å². The molecule has 11 unspecified atom stereocenters. The van der Waals surface area contributed by atoms with Crippen LogP contribution in [0.5, 0.6) is 0 Å². The van der Waals surface area contributed by atoms with Crippen molar-refractivity contribution in [3.8, 4) is 0 Å². The highest BCUT2D eigenvalue weighted by Crippen LogP contribution is 2.59. The first-order valence-corrected chi connectivity index (χ1v) is 24.1. The number of amides is 2. The van der Waals surface area contributed by atoms with Gasteiger partial charge in [0.1, 0.15) is 41.5 Å². The number of aliphatic hydroxyl groups excluding tert-OH is 1. The zero-order valence-corrected chi connectivity index (χ0v) is 38.1. The van der Waals surface area contributed by atoms with Crippen molar-refractivity contribution in [1.29, 1.82) is 0 Å². The third-order valence-electron chi connectivity index (χ3n) is 14.4. The summed E-state index contributed by atoms with van der Waals surface area (Å²) < 4.78 is 31.6. The highest BCUT2D eigenvalue weighted by molar-refractivity contribution is 5.96. The monoisotopic (exact) mass is 878 g/mol. The second-order valence-corrected chi connectivity index (χ2v) is 20.3. The number of hydrogen-bond donors (Lipinski definition) is 2. The number of carbonyl (C=O) groups excluding carboxylic acids is 4. The van der Waals surface area contributed by atoms with Gasteiger partial charge in [0.25, 0.3) is 0 Å². The van der Waals surface area contributed by atoms with Gasteiger partial charge in [-0.05, 0) is 89.2 Å². The first kappa shape index (κ1) is 46.1. The average molecular weight is 878 g/mol. The number of nitrogens with zero attached hydrogens (tertiary/aromatic N) is 2. The molecule has 63 heavy (non-hydrogen) atoms. The van der Waals surface area contributed by atoms with Crippen molar-refractivity contribution in [1.82, 2.24) is 15.3 Å². The third-order valence-corrected chi connectivity index (χ3v) is 14.4. The number of unbranched alkanes of at least 4 members (excludes halogenated alkanes) is 4. The van der Waals surface area contributed by atoms with Crippen LogP contribution in [0.3, 0.4) is 0 Å². The lowest BCUT2D eigenvalue weighted by Crippen LogP contribution is -2.70. The quantitative estimate of drug-likeness (QED) is 0.0907. The van der Waals surface area contributed by atoms with Crippen molar-refractivity contribution in [2.24, 2.45) is 11.3 Å². The molecule has 11 atom stereocenters. The average Bonchev–Trinajstić information content (AvgIpc) is 3.51. The van der Waals surface area contributed by atoms with E-state index in [1.807, 2.05) is 12.1 Å². The first-order chi connectivity index (χ1) is 30.3. The molecule has 0 radical (unpaired) electrons. The molecule has 2 bridgehead atoms. The van der Waals surface area contributed by atoms with Crippen LogP contribution in [0, 0.1) is 11.3 Å². The lowest BCUT2D eigenvalue weighted by Gasteiger charge is -2.50. The summed E-state index contributed by atoms with van der Waals surface area (Å²) in [4.78, 5) is 65.4. The van der Waals surface area contributed by atoms with Crippen molar-refractivity contribution < 1.29 is 52.8 Å². The highest BCUT2D eigenvalue weighted by Gasteiger charge is 2.77. The number of carbonyl (C=O) groups is 4. The lowest BCUT2D eigenvalue weighted by atomic mass is 9.62. The molecule has 1 aromatic carbocycles. The molecule has 5 heterocycles. The Bertz CT molecular complexity index is 1840. The number of benzene rings is 1. The van der Waals surface area contributed by atoms with Crippen molar-refractivity contribution in [2.75, 3.05) is 13.2 Å². The molecular formula is C49H71N3O11. The van der Waals surface area contributed by atoms with Crippen LogP contribution >= 0.6 is 0 Å². The normalized spacial score (nSPS) is 33.5. The minimum absolute atomic E-state index is 0.0121. The number of hydrogen-bond acceptors (Lipinski definition) is 12. The summed E-state index contributed by atoms with van der Waals surface area (Å²) in [6.45, 7) is 9.84. The highest BCUT2D eigenvalue weighted by atomic mass is 16.8. The van der Waals surface area contributed by atoms with Gasteiger partial charge in [0, 0.05) is 32.2 Å². The molecule has 348 valence electrons. The standard InChI is InChI=1S/C49H71N3O11/c1-6-8-10-23-48(24-11-9-7-2)61-40-38-28-49(46(57)51-25-13-16-35(51)44(55)50-34(30-53)20-22-39(54)60-47(3,4)5)42(45(56)59-38)52(63-43(49)41(40)62-48)29-33-15-12-14-31(26-33)17-18-32-19-21-36-37(27-32)58-36/h12,14-15,17-18,26,32,34-38,40-43,53H,6-11,13,16,19-25,27-30H2,1-5H3,(H,50,55). The van der Waals surface area contributed by atoms with E-state index in [4.69, 9.17) is 28.5 Å². The number of rotatable bonds is 19. The van der Waals surface area contributed by atoms with Crippen molar-refractivity contribution in [3.63, 3.8) is 0 Å². The van der Waals surface area contributed by atoms with E-state index in [9.17, 15) is 19.5 Å². The van der Waals surface area contributed by atoms with Gasteiger partial charge in [-0.25, -0.2) is 0 Å². The molecule has 2 aliphatic carbocycles. The Kier molecular flexibility index (Phi) is 14.1. The van der Waals surface area contributed by atoms with E-state index in [2.05, 4.69) is 43.4 Å². The molecule has 2 amide bonds. The summed E-state index contributed by atoms with van der Waals surface area (Å²) in [5.41, 5.74) is -0.134. The van der Waals surface area contributed by atoms with E-state index in [0.29, 0.717) is 50.4 Å². The van der Waals surface area contributed by atoms with Crippen LogP contribution in [-0.2, 0) is 54.2 Å². The van der Waals surface area contributed by atoms with Gasteiger partial charge in [-0.2, -0.15) is 5.06 Å². The number of fused-ring (bicyclic) bond motifs is 5. The lowest BCUT2D eigenvalue weighted by molar-refractivity contribution is -0.225. The number of likely N-dealkylation sites (tertiary alicyclic amines) is 1. The molecule has 0 aromatic heterocycles. The van der Waals surface area contributed by atoms with E-state index >= 15 is 4.79 Å². The van der Waals surface area contributed by atoms with Crippen molar-refractivity contribution in [3.05, 3.63) is 41.5 Å². The molecule has 7 aliphatic rings. The van der Waals surface area contributed by atoms with Crippen LogP contribution in [0.4, 0.5) is 0 Å². The Labute approximate surface area is 373 Å². The second-order valence-electron chi connectivity index (χ2n) is 20.3. The maximum Gasteiger partial charge on any atom is 0.327 e. The minimum atomic E-state index is -1.43. The maximum absolute atomic E-state index is 15.6. The summed E-state index contributed by atoms with van der Waals surface area (Å²) in [5, 5.41) is 14.8. The number of nitrogens with one attached hydrogen (secondary N) is 1. The van der Waals surface area contributed by atoms with Gasteiger partial charge >= 0.3 is 11.9 Å². The maximum atomic E-state index is 15.6. The SMILES string of the molecule is CCCCCC1(CCCCC)OC2C3CC4(C(=O)N5CCCC5C(=O)NC(CO)CCC(=O)OC(C)(C)C)C(ON(Cc5cccc(C=CC6CCC7OC7C6)c5)C4C(=O)O3)C2O1. The van der Waals surface area contributed by atoms with Gasteiger partial charge in [-0.3, -0.25) is 24.0 Å². The van der Waals surface area contributed by atoms with Crippen molar-refractivity contribution in [2.45, 2.75) is 210 Å². The molecule has 0 spiro atoms. The van der Waals surface area contributed by atoms with Crippen LogP contribution < -0.4 is 5.32 Å². The number of esters is 2. The van der Waals surface area contributed by atoms with Gasteiger partial charge in [0.15, 0.2) is 11.8 Å². The van der Waals surface area contributed by atoms with Crippen LogP contribution in [0.1, 0.15) is 148 Å². The molecule has 1 aromatic rings. The molecule has 2 saturated carbocycles. The van der Waals surface area contributed by atoms with Gasteiger partial charge in [0.05, 0.1) is 31.4 Å². The molecule has 14 heteroatoms. The summed E-state index contributed by atoms with van der Waals surface area (Å²) >= 11 is 0. The van der Waals surface area contributed by atoms with E-state index in [1.54, 1.807) is 30.7 Å².